The molecule has 0 aromatic heterocycles. The van der Waals surface area contributed by atoms with Crippen LogP contribution in [0, 0.1) is 13.8 Å². The van der Waals surface area contributed by atoms with Crippen molar-refractivity contribution in [3.05, 3.63) is 34.9 Å². The van der Waals surface area contributed by atoms with Gasteiger partial charge in [0.2, 0.25) is 5.91 Å². The highest BCUT2D eigenvalue weighted by molar-refractivity contribution is 6.30. The number of carbonyl (C=O) groups is 1. The third kappa shape index (κ3) is 2.56. The molecule has 0 spiro atoms. The maximum Gasteiger partial charge on any atom is 0.242 e. The maximum atomic E-state index is 11.8. The average molecular weight is 238 g/mol. The van der Waals surface area contributed by atoms with Crippen LogP contribution in [0.2, 0.25) is 0 Å². The van der Waals surface area contributed by atoms with Crippen molar-refractivity contribution < 1.29 is 4.79 Å². The number of halogens is 1. The smallest absolute Gasteiger partial charge is 0.242 e. The lowest BCUT2D eigenvalue weighted by Gasteiger charge is -2.13. The van der Waals surface area contributed by atoms with Crippen molar-refractivity contribution in [3.8, 4) is 0 Å². The molecule has 0 aliphatic heterocycles. The molecule has 0 saturated heterocycles. The lowest BCUT2D eigenvalue weighted by atomic mass is 10.0. The minimum absolute atomic E-state index is 0.0730. The second-order valence-corrected chi connectivity index (χ2v) is 4.94. The summed E-state index contributed by atoms with van der Waals surface area (Å²) in [6, 6.07) is 6.34. The van der Waals surface area contributed by atoms with E-state index in [0.717, 1.165) is 24.0 Å². The van der Waals surface area contributed by atoms with Crippen molar-refractivity contribution in [2.75, 3.05) is 0 Å². The molecule has 86 valence electrons. The van der Waals surface area contributed by atoms with Crippen LogP contribution in [-0.4, -0.2) is 11.9 Å². The standard InChI is InChI=1S/C13H16ClNO/c1-8-3-6-11(9(2)7-8)12(14)13(16)15-10-4-5-10/h3,6-7,10,12H,4-5H2,1-2H3,(H,15,16). The molecule has 1 amide bonds. The first-order valence-electron chi connectivity index (χ1n) is 5.59. The van der Waals surface area contributed by atoms with Crippen LogP contribution in [0.5, 0.6) is 0 Å². The van der Waals surface area contributed by atoms with E-state index in [1.165, 1.54) is 5.56 Å². The van der Waals surface area contributed by atoms with Crippen LogP contribution in [0.4, 0.5) is 0 Å². The Morgan fingerprint density at radius 3 is 2.69 bits per heavy atom. The highest BCUT2D eigenvalue weighted by Gasteiger charge is 2.27. The van der Waals surface area contributed by atoms with Gasteiger partial charge in [-0.3, -0.25) is 4.79 Å². The Balaban J connectivity index is 2.12. The minimum Gasteiger partial charge on any atom is -0.352 e. The molecule has 1 unspecified atom stereocenters. The summed E-state index contributed by atoms with van der Waals surface area (Å²) in [4.78, 5) is 11.8. The highest BCUT2D eigenvalue weighted by Crippen LogP contribution is 2.27. The molecule has 3 heteroatoms. The highest BCUT2D eigenvalue weighted by atomic mass is 35.5. The van der Waals surface area contributed by atoms with Gasteiger partial charge in [0.25, 0.3) is 0 Å². The van der Waals surface area contributed by atoms with Crippen molar-refractivity contribution in [2.45, 2.75) is 38.1 Å². The van der Waals surface area contributed by atoms with Crippen LogP contribution in [0.25, 0.3) is 0 Å². The van der Waals surface area contributed by atoms with Gasteiger partial charge in [-0.25, -0.2) is 0 Å². The van der Waals surface area contributed by atoms with E-state index >= 15 is 0 Å². The number of carbonyl (C=O) groups excluding carboxylic acids is 1. The first-order chi connectivity index (χ1) is 7.58. The van der Waals surface area contributed by atoms with E-state index in [1.54, 1.807) is 0 Å². The van der Waals surface area contributed by atoms with E-state index in [2.05, 4.69) is 11.4 Å². The number of hydrogen-bond donors (Lipinski definition) is 1. The van der Waals surface area contributed by atoms with Gasteiger partial charge in [0.1, 0.15) is 5.38 Å². The predicted molar refractivity (Wildman–Crippen MR) is 65.7 cm³/mol. The van der Waals surface area contributed by atoms with Crippen molar-refractivity contribution in [2.24, 2.45) is 0 Å². The third-order valence-corrected chi connectivity index (χ3v) is 3.29. The van der Waals surface area contributed by atoms with Gasteiger partial charge in [-0.2, -0.15) is 0 Å². The summed E-state index contributed by atoms with van der Waals surface area (Å²) in [6.45, 7) is 4.02. The van der Waals surface area contributed by atoms with Gasteiger partial charge in [0, 0.05) is 6.04 Å². The molecule has 2 nitrogen and oxygen atoms in total. The second kappa shape index (κ2) is 4.46. The van der Waals surface area contributed by atoms with Crippen LogP contribution in [0.1, 0.15) is 34.9 Å². The normalized spacial score (nSPS) is 16.9. The molecule has 1 fully saturated rings. The van der Waals surface area contributed by atoms with Gasteiger partial charge in [0.15, 0.2) is 0 Å². The van der Waals surface area contributed by atoms with Crippen molar-refractivity contribution in [1.82, 2.24) is 5.32 Å². The van der Waals surface area contributed by atoms with Gasteiger partial charge in [-0.15, -0.1) is 11.6 Å². The van der Waals surface area contributed by atoms with Crippen LogP contribution in [-0.2, 0) is 4.79 Å². The number of alkyl halides is 1. The number of amides is 1. The zero-order valence-corrected chi connectivity index (χ0v) is 10.3. The Morgan fingerprint density at radius 2 is 2.12 bits per heavy atom. The fourth-order valence-corrected chi connectivity index (χ4v) is 2.06. The van der Waals surface area contributed by atoms with Gasteiger partial charge in [-0.1, -0.05) is 23.8 Å². The van der Waals surface area contributed by atoms with E-state index in [1.807, 2.05) is 26.0 Å². The van der Waals surface area contributed by atoms with Gasteiger partial charge in [-0.05, 0) is 37.8 Å². The summed E-state index contributed by atoms with van der Waals surface area (Å²) in [5.74, 6) is -0.0730. The summed E-state index contributed by atoms with van der Waals surface area (Å²) >= 11 is 6.17. The molecule has 0 heterocycles. The molecule has 1 aliphatic carbocycles. The molecule has 1 aromatic rings. The maximum absolute atomic E-state index is 11.8. The lowest BCUT2D eigenvalue weighted by molar-refractivity contribution is -0.121. The fourth-order valence-electron chi connectivity index (χ4n) is 1.75. The monoisotopic (exact) mass is 237 g/mol. The molecular formula is C13H16ClNO. The van der Waals surface area contributed by atoms with Gasteiger partial charge in [0.05, 0.1) is 0 Å². The Labute approximate surface area is 101 Å². The number of nitrogens with one attached hydrogen (secondary N) is 1. The summed E-state index contributed by atoms with van der Waals surface area (Å²) in [6.07, 6.45) is 2.17. The molecular weight excluding hydrogens is 222 g/mol. The van der Waals surface area contributed by atoms with Crippen LogP contribution in [0.3, 0.4) is 0 Å². The van der Waals surface area contributed by atoms with Crippen LogP contribution in [0.15, 0.2) is 18.2 Å². The molecule has 1 N–H and O–H groups in total. The Kier molecular flexibility index (Phi) is 3.20. The molecule has 1 atom stereocenters. The van der Waals surface area contributed by atoms with Crippen LogP contribution < -0.4 is 5.32 Å². The minimum atomic E-state index is -0.568. The van der Waals surface area contributed by atoms with Crippen molar-refractivity contribution in [1.29, 1.82) is 0 Å². The largest absolute Gasteiger partial charge is 0.352 e. The first-order valence-corrected chi connectivity index (χ1v) is 6.03. The van der Waals surface area contributed by atoms with E-state index in [4.69, 9.17) is 11.6 Å². The zero-order valence-electron chi connectivity index (χ0n) is 9.59. The lowest BCUT2D eigenvalue weighted by Crippen LogP contribution is -2.29. The zero-order chi connectivity index (χ0) is 11.7. The predicted octanol–water partition coefficient (Wildman–Crippen LogP) is 2.86. The second-order valence-electron chi connectivity index (χ2n) is 4.51. The van der Waals surface area contributed by atoms with E-state index < -0.39 is 5.38 Å². The molecule has 1 saturated carbocycles. The summed E-state index contributed by atoms with van der Waals surface area (Å²) in [7, 11) is 0. The number of rotatable bonds is 3. The van der Waals surface area contributed by atoms with E-state index in [-0.39, 0.29) is 5.91 Å². The van der Waals surface area contributed by atoms with Gasteiger partial charge < -0.3 is 5.32 Å². The molecule has 1 aromatic carbocycles. The SMILES string of the molecule is Cc1ccc(C(Cl)C(=O)NC2CC2)c(C)c1. The van der Waals surface area contributed by atoms with Crippen molar-refractivity contribution >= 4 is 17.5 Å². The molecule has 1 aliphatic rings. The van der Waals surface area contributed by atoms with Gasteiger partial charge >= 0.3 is 0 Å². The number of benzene rings is 1. The Bertz CT molecular complexity index is 412. The molecule has 16 heavy (non-hydrogen) atoms. The summed E-state index contributed by atoms with van der Waals surface area (Å²) < 4.78 is 0. The summed E-state index contributed by atoms with van der Waals surface area (Å²) in [5, 5.41) is 2.35. The Morgan fingerprint density at radius 1 is 1.44 bits per heavy atom. The van der Waals surface area contributed by atoms with E-state index in [0.29, 0.717) is 6.04 Å². The van der Waals surface area contributed by atoms with Crippen LogP contribution >= 0.6 is 11.6 Å². The molecule has 0 radical (unpaired) electrons. The van der Waals surface area contributed by atoms with Crippen molar-refractivity contribution in [3.63, 3.8) is 0 Å². The summed E-state index contributed by atoms with van der Waals surface area (Å²) in [5.41, 5.74) is 3.17. The number of aryl methyl sites for hydroxylation is 2. The first kappa shape index (κ1) is 11.5. The Hall–Kier alpha value is -1.02. The average Bonchev–Trinajstić information content (AvgIpc) is 3.00. The topological polar surface area (TPSA) is 29.1 Å². The molecule has 0 bridgehead atoms. The molecule has 2 rings (SSSR count). The van der Waals surface area contributed by atoms with E-state index in [9.17, 15) is 4.79 Å². The third-order valence-electron chi connectivity index (χ3n) is 2.85. The quantitative estimate of drug-likeness (QED) is 0.805. The number of hydrogen-bond acceptors (Lipinski definition) is 1. The fraction of sp³-hybridized carbons (Fsp3) is 0.462.